The van der Waals surface area contributed by atoms with Crippen LogP contribution in [0.1, 0.15) is 56.3 Å². The minimum Gasteiger partial charge on any atom is -0.507 e. The number of benzene rings is 1. The Labute approximate surface area is 114 Å². The summed E-state index contributed by atoms with van der Waals surface area (Å²) in [6, 6.07) is 6.76. The molecule has 1 atom stereocenters. The Morgan fingerprint density at radius 3 is 2.61 bits per heavy atom. The molecule has 0 aliphatic rings. The molecule has 2 nitrogen and oxygen atoms in total. The lowest BCUT2D eigenvalue weighted by molar-refractivity contribution is 0.108. The Hall–Kier alpha value is -0.960. The van der Waals surface area contributed by atoms with Crippen molar-refractivity contribution in [2.24, 2.45) is 0 Å². The molecule has 0 saturated heterocycles. The van der Waals surface area contributed by atoms with Crippen molar-refractivity contribution in [3.05, 3.63) is 29.8 Å². The molecule has 1 aromatic rings. The molecule has 0 bridgehead atoms. The fourth-order valence-electron chi connectivity index (χ4n) is 1.83. The van der Waals surface area contributed by atoms with Gasteiger partial charge in [0.05, 0.1) is 5.56 Å². The van der Waals surface area contributed by atoms with Crippen LogP contribution in [-0.4, -0.2) is 15.5 Å². The summed E-state index contributed by atoms with van der Waals surface area (Å²) in [6.07, 6.45) is 5.68. The Morgan fingerprint density at radius 2 is 2.00 bits per heavy atom. The molecule has 3 heteroatoms. The fraction of sp³-hybridized carbons (Fsp3) is 0.533. The van der Waals surface area contributed by atoms with E-state index in [4.69, 9.17) is 0 Å². The standard InChI is InChI=1S/C15H22O2S/c1-3-5-6-9-12(4-2)18-15(17)13-10-7-8-11-14(13)16/h7-8,10-12,16H,3-6,9H2,1-2H3. The lowest BCUT2D eigenvalue weighted by atomic mass is 10.1. The third-order valence-electron chi connectivity index (χ3n) is 2.98. The van der Waals surface area contributed by atoms with Gasteiger partial charge in [0.25, 0.3) is 0 Å². The molecule has 0 aliphatic carbocycles. The normalized spacial score (nSPS) is 12.3. The van der Waals surface area contributed by atoms with E-state index in [9.17, 15) is 9.90 Å². The largest absolute Gasteiger partial charge is 0.507 e. The van der Waals surface area contributed by atoms with Gasteiger partial charge in [0, 0.05) is 5.25 Å². The van der Waals surface area contributed by atoms with Gasteiger partial charge >= 0.3 is 0 Å². The summed E-state index contributed by atoms with van der Waals surface area (Å²) in [7, 11) is 0. The third-order valence-corrected chi connectivity index (χ3v) is 4.32. The molecule has 0 aliphatic heterocycles. The molecule has 1 aromatic carbocycles. The first-order valence-corrected chi connectivity index (χ1v) is 7.56. The van der Waals surface area contributed by atoms with E-state index >= 15 is 0 Å². The number of phenolic OH excluding ortho intramolecular Hbond substituents is 1. The number of carbonyl (C=O) groups is 1. The first-order valence-electron chi connectivity index (χ1n) is 6.68. The highest BCUT2D eigenvalue weighted by Gasteiger charge is 2.16. The van der Waals surface area contributed by atoms with Gasteiger partial charge in [-0.25, -0.2) is 0 Å². The highest BCUT2D eigenvalue weighted by molar-refractivity contribution is 8.14. The Kier molecular flexibility index (Phi) is 6.88. The van der Waals surface area contributed by atoms with Crippen molar-refractivity contribution in [2.75, 3.05) is 0 Å². The predicted molar refractivity (Wildman–Crippen MR) is 78.2 cm³/mol. The molecule has 0 fully saturated rings. The molecule has 18 heavy (non-hydrogen) atoms. The molecule has 0 heterocycles. The van der Waals surface area contributed by atoms with Gasteiger partial charge in [-0.05, 0) is 25.0 Å². The maximum Gasteiger partial charge on any atom is 0.223 e. The fourth-order valence-corrected chi connectivity index (χ4v) is 2.88. The van der Waals surface area contributed by atoms with Crippen LogP contribution in [-0.2, 0) is 0 Å². The topological polar surface area (TPSA) is 37.3 Å². The van der Waals surface area contributed by atoms with E-state index in [2.05, 4.69) is 13.8 Å². The van der Waals surface area contributed by atoms with Gasteiger partial charge in [-0.2, -0.15) is 0 Å². The van der Waals surface area contributed by atoms with Gasteiger partial charge in [0.2, 0.25) is 5.12 Å². The second-order valence-corrected chi connectivity index (χ2v) is 5.72. The van der Waals surface area contributed by atoms with E-state index in [1.165, 1.54) is 31.0 Å². The summed E-state index contributed by atoms with van der Waals surface area (Å²) in [5, 5.41) is 9.99. The van der Waals surface area contributed by atoms with Crippen LogP contribution in [0.2, 0.25) is 0 Å². The minimum absolute atomic E-state index is 0.0172. The molecular weight excluding hydrogens is 244 g/mol. The SMILES string of the molecule is CCCCCC(CC)SC(=O)c1ccccc1O. The van der Waals surface area contributed by atoms with Crippen LogP contribution in [0.25, 0.3) is 0 Å². The van der Waals surface area contributed by atoms with E-state index < -0.39 is 0 Å². The van der Waals surface area contributed by atoms with Crippen molar-refractivity contribution in [1.82, 2.24) is 0 Å². The van der Waals surface area contributed by atoms with Crippen molar-refractivity contribution >= 4 is 16.9 Å². The van der Waals surface area contributed by atoms with Gasteiger partial charge in [0.1, 0.15) is 5.75 Å². The first-order chi connectivity index (χ1) is 8.69. The zero-order valence-electron chi connectivity index (χ0n) is 11.2. The van der Waals surface area contributed by atoms with Crippen LogP contribution in [0.5, 0.6) is 5.75 Å². The number of unbranched alkanes of at least 4 members (excludes halogenated alkanes) is 2. The van der Waals surface area contributed by atoms with Crippen LogP contribution in [0.3, 0.4) is 0 Å². The second kappa shape index (κ2) is 8.20. The molecule has 1 N–H and O–H groups in total. The predicted octanol–water partition coefficient (Wildman–Crippen LogP) is 4.62. The lowest BCUT2D eigenvalue weighted by Gasteiger charge is -2.13. The van der Waals surface area contributed by atoms with Crippen molar-refractivity contribution in [3.8, 4) is 5.75 Å². The quantitative estimate of drug-likeness (QED) is 0.731. The van der Waals surface area contributed by atoms with Gasteiger partial charge in [-0.15, -0.1) is 0 Å². The molecule has 0 amide bonds. The molecule has 100 valence electrons. The van der Waals surface area contributed by atoms with E-state index in [0.717, 1.165) is 12.8 Å². The van der Waals surface area contributed by atoms with E-state index in [1.807, 2.05) is 0 Å². The number of rotatable bonds is 7. The van der Waals surface area contributed by atoms with E-state index in [1.54, 1.807) is 24.3 Å². The van der Waals surface area contributed by atoms with Crippen LogP contribution in [0.15, 0.2) is 24.3 Å². The summed E-state index contributed by atoms with van der Waals surface area (Å²) in [5.74, 6) is 0.0819. The van der Waals surface area contributed by atoms with E-state index in [0.29, 0.717) is 10.8 Å². The van der Waals surface area contributed by atoms with Crippen molar-refractivity contribution < 1.29 is 9.90 Å². The van der Waals surface area contributed by atoms with Crippen molar-refractivity contribution in [2.45, 2.75) is 51.2 Å². The van der Waals surface area contributed by atoms with Gasteiger partial charge in [-0.3, -0.25) is 4.79 Å². The third kappa shape index (κ3) is 4.73. The number of phenols is 1. The summed E-state index contributed by atoms with van der Waals surface area (Å²) in [4.78, 5) is 12.1. The Balaban J connectivity index is 2.54. The zero-order valence-corrected chi connectivity index (χ0v) is 12.0. The summed E-state index contributed by atoms with van der Waals surface area (Å²) in [5.41, 5.74) is 0.427. The molecule has 0 spiro atoms. The number of aromatic hydroxyl groups is 1. The lowest BCUT2D eigenvalue weighted by Crippen LogP contribution is -2.06. The summed E-state index contributed by atoms with van der Waals surface area (Å²) in [6.45, 7) is 4.29. The van der Waals surface area contributed by atoms with Crippen LogP contribution in [0, 0.1) is 0 Å². The molecule has 1 unspecified atom stereocenters. The highest BCUT2D eigenvalue weighted by atomic mass is 32.2. The van der Waals surface area contributed by atoms with Gasteiger partial charge in [0.15, 0.2) is 0 Å². The zero-order chi connectivity index (χ0) is 13.4. The maximum atomic E-state index is 12.1. The molecule has 0 aromatic heterocycles. The minimum atomic E-state index is -0.0172. The number of hydrogen-bond acceptors (Lipinski definition) is 3. The number of carbonyl (C=O) groups excluding carboxylic acids is 1. The number of thioether (sulfide) groups is 1. The number of para-hydroxylation sites is 1. The molecule has 1 rings (SSSR count). The van der Waals surface area contributed by atoms with Crippen molar-refractivity contribution in [3.63, 3.8) is 0 Å². The highest BCUT2D eigenvalue weighted by Crippen LogP contribution is 2.28. The smallest absolute Gasteiger partial charge is 0.223 e. The molecule has 0 radical (unpaired) electrons. The Bertz CT molecular complexity index is 377. The van der Waals surface area contributed by atoms with Crippen LogP contribution >= 0.6 is 11.8 Å². The van der Waals surface area contributed by atoms with Crippen molar-refractivity contribution in [1.29, 1.82) is 0 Å². The molecular formula is C15H22O2S. The van der Waals surface area contributed by atoms with Crippen LogP contribution in [0.4, 0.5) is 0 Å². The second-order valence-electron chi connectivity index (χ2n) is 4.45. The molecule has 0 saturated carbocycles. The first kappa shape index (κ1) is 15.1. The monoisotopic (exact) mass is 266 g/mol. The Morgan fingerprint density at radius 1 is 1.28 bits per heavy atom. The summed E-state index contributed by atoms with van der Waals surface area (Å²) >= 11 is 1.36. The average Bonchev–Trinajstić information content (AvgIpc) is 2.38. The average molecular weight is 266 g/mol. The number of hydrogen-bond donors (Lipinski definition) is 1. The van der Waals surface area contributed by atoms with Crippen LogP contribution < -0.4 is 0 Å². The summed E-state index contributed by atoms with van der Waals surface area (Å²) < 4.78 is 0. The van der Waals surface area contributed by atoms with Gasteiger partial charge < -0.3 is 5.11 Å². The van der Waals surface area contributed by atoms with Gasteiger partial charge in [-0.1, -0.05) is 57.0 Å². The maximum absolute atomic E-state index is 12.1. The van der Waals surface area contributed by atoms with E-state index in [-0.39, 0.29) is 10.9 Å².